The predicted octanol–water partition coefficient (Wildman–Crippen LogP) is 0.293. The van der Waals surface area contributed by atoms with Crippen LogP contribution in [-0.2, 0) is 4.74 Å². The number of aromatic nitrogens is 2. The van der Waals surface area contributed by atoms with E-state index in [9.17, 15) is 9.90 Å². The van der Waals surface area contributed by atoms with Gasteiger partial charge < -0.3 is 20.3 Å². The van der Waals surface area contributed by atoms with Gasteiger partial charge in [-0.25, -0.2) is 14.8 Å². The summed E-state index contributed by atoms with van der Waals surface area (Å²) in [5.41, 5.74) is 0.518. The molecule has 1 aromatic heterocycles. The predicted molar refractivity (Wildman–Crippen MR) is 64.7 cm³/mol. The number of rotatable bonds is 7. The van der Waals surface area contributed by atoms with E-state index < -0.39 is 12.1 Å². The van der Waals surface area contributed by atoms with Crippen LogP contribution in [0.3, 0.4) is 0 Å². The Balaban J connectivity index is 2.54. The van der Waals surface area contributed by atoms with Crippen LogP contribution >= 0.6 is 0 Å². The fraction of sp³-hybridized carbons (Fsp3) is 0.545. The first-order chi connectivity index (χ1) is 8.52. The van der Waals surface area contributed by atoms with Crippen molar-refractivity contribution in [3.05, 3.63) is 17.5 Å². The number of ether oxygens (including phenoxy) is 1. The minimum atomic E-state index is -1.09. The van der Waals surface area contributed by atoms with Gasteiger partial charge in [-0.3, -0.25) is 0 Å². The highest BCUT2D eigenvalue weighted by Gasteiger charge is 2.09. The molecule has 0 bridgehead atoms. The molecular weight excluding hydrogens is 238 g/mol. The molecule has 7 heteroatoms. The van der Waals surface area contributed by atoms with Crippen LogP contribution in [-0.4, -0.2) is 52.5 Å². The van der Waals surface area contributed by atoms with Gasteiger partial charge in [-0.05, 0) is 19.4 Å². The largest absolute Gasteiger partial charge is 0.477 e. The second-order valence-corrected chi connectivity index (χ2v) is 3.85. The van der Waals surface area contributed by atoms with Crippen molar-refractivity contribution in [1.82, 2.24) is 9.97 Å². The highest BCUT2D eigenvalue weighted by atomic mass is 16.5. The fourth-order valence-corrected chi connectivity index (χ4v) is 1.38. The molecular formula is C11H17N3O4. The fourth-order valence-electron chi connectivity index (χ4n) is 1.38. The van der Waals surface area contributed by atoms with E-state index in [1.165, 1.54) is 13.2 Å². The average Bonchev–Trinajstić information content (AvgIpc) is 2.28. The number of carboxylic acids is 1. The zero-order valence-corrected chi connectivity index (χ0v) is 10.4. The first-order valence-corrected chi connectivity index (χ1v) is 5.52. The van der Waals surface area contributed by atoms with E-state index in [1.54, 1.807) is 6.92 Å². The summed E-state index contributed by atoms with van der Waals surface area (Å²) in [7, 11) is 1.51. The van der Waals surface area contributed by atoms with Crippen LogP contribution in [0.4, 0.5) is 5.95 Å². The number of hydrogen-bond donors (Lipinski definition) is 3. The number of aryl methyl sites for hydroxylation is 1. The number of hydrogen-bond acceptors (Lipinski definition) is 6. The molecule has 0 fully saturated rings. The molecule has 1 unspecified atom stereocenters. The van der Waals surface area contributed by atoms with Crippen LogP contribution in [0.15, 0.2) is 6.07 Å². The van der Waals surface area contributed by atoms with E-state index in [2.05, 4.69) is 15.3 Å². The van der Waals surface area contributed by atoms with Crippen LogP contribution in [0.5, 0.6) is 0 Å². The Labute approximate surface area is 105 Å². The van der Waals surface area contributed by atoms with Crippen molar-refractivity contribution in [2.24, 2.45) is 0 Å². The number of methoxy groups -OCH3 is 1. The lowest BCUT2D eigenvalue weighted by atomic mass is 10.3. The molecule has 1 rings (SSSR count). The third-order valence-corrected chi connectivity index (χ3v) is 2.19. The van der Waals surface area contributed by atoms with Crippen molar-refractivity contribution in [2.45, 2.75) is 19.4 Å². The minimum absolute atomic E-state index is 0.0533. The van der Waals surface area contributed by atoms with Crippen molar-refractivity contribution in [2.75, 3.05) is 25.6 Å². The topological polar surface area (TPSA) is 105 Å². The van der Waals surface area contributed by atoms with E-state index in [0.29, 0.717) is 18.7 Å². The van der Waals surface area contributed by atoms with Crippen molar-refractivity contribution in [3.8, 4) is 0 Å². The molecule has 1 heterocycles. The molecule has 0 aliphatic carbocycles. The van der Waals surface area contributed by atoms with Crippen LogP contribution in [0, 0.1) is 6.92 Å². The standard InChI is InChI=1S/C11H17N3O4/c1-7-5-9(10(16)17)14-11(13-7)12-4-3-8(15)6-18-2/h5,8,15H,3-4,6H2,1-2H3,(H,16,17)(H,12,13,14). The number of nitrogens with zero attached hydrogens (tertiary/aromatic N) is 2. The van der Waals surface area contributed by atoms with Crippen molar-refractivity contribution < 1.29 is 19.7 Å². The Morgan fingerprint density at radius 2 is 2.28 bits per heavy atom. The zero-order chi connectivity index (χ0) is 13.5. The number of aliphatic hydroxyl groups excluding tert-OH is 1. The third kappa shape index (κ3) is 4.64. The molecule has 3 N–H and O–H groups in total. The quantitative estimate of drug-likeness (QED) is 0.643. The number of aromatic carboxylic acids is 1. The molecule has 100 valence electrons. The number of aliphatic hydroxyl groups is 1. The molecule has 0 aromatic carbocycles. The Hall–Kier alpha value is -1.73. The number of anilines is 1. The number of nitrogens with one attached hydrogen (secondary N) is 1. The smallest absolute Gasteiger partial charge is 0.354 e. The first-order valence-electron chi connectivity index (χ1n) is 5.52. The second kappa shape index (κ2) is 6.87. The SMILES string of the molecule is COCC(O)CCNc1nc(C)cc(C(=O)O)n1. The summed E-state index contributed by atoms with van der Waals surface area (Å²) in [6.45, 7) is 2.39. The van der Waals surface area contributed by atoms with Crippen molar-refractivity contribution in [1.29, 1.82) is 0 Å². The summed E-state index contributed by atoms with van der Waals surface area (Å²) in [6, 6.07) is 1.40. The maximum Gasteiger partial charge on any atom is 0.354 e. The molecule has 0 aliphatic heterocycles. The van der Waals surface area contributed by atoms with Gasteiger partial charge in [0.1, 0.15) is 0 Å². The molecule has 1 atom stereocenters. The van der Waals surface area contributed by atoms with Gasteiger partial charge in [0.05, 0.1) is 12.7 Å². The lowest BCUT2D eigenvalue weighted by molar-refractivity contribution is 0.0615. The van der Waals surface area contributed by atoms with Gasteiger partial charge in [0.15, 0.2) is 5.69 Å². The normalized spacial score (nSPS) is 12.2. The lowest BCUT2D eigenvalue weighted by Gasteiger charge is -2.10. The van der Waals surface area contributed by atoms with E-state index in [-0.39, 0.29) is 18.2 Å². The van der Waals surface area contributed by atoms with Gasteiger partial charge in [-0.2, -0.15) is 0 Å². The van der Waals surface area contributed by atoms with Crippen molar-refractivity contribution >= 4 is 11.9 Å². The summed E-state index contributed by atoms with van der Waals surface area (Å²) in [5, 5.41) is 21.1. The van der Waals surface area contributed by atoms with E-state index in [0.717, 1.165) is 0 Å². The summed E-state index contributed by atoms with van der Waals surface area (Å²) in [5.74, 6) is -0.847. The summed E-state index contributed by atoms with van der Waals surface area (Å²) in [4.78, 5) is 18.7. The van der Waals surface area contributed by atoms with Crippen LogP contribution < -0.4 is 5.32 Å². The monoisotopic (exact) mass is 255 g/mol. The zero-order valence-electron chi connectivity index (χ0n) is 10.4. The molecule has 18 heavy (non-hydrogen) atoms. The third-order valence-electron chi connectivity index (χ3n) is 2.19. The van der Waals surface area contributed by atoms with Gasteiger partial charge in [0, 0.05) is 19.3 Å². The van der Waals surface area contributed by atoms with Gasteiger partial charge in [0.2, 0.25) is 5.95 Å². The molecule has 1 aromatic rings. The van der Waals surface area contributed by atoms with Crippen molar-refractivity contribution in [3.63, 3.8) is 0 Å². The summed E-state index contributed by atoms with van der Waals surface area (Å²) < 4.78 is 4.79. The first kappa shape index (κ1) is 14.3. The Bertz CT molecular complexity index is 411. The van der Waals surface area contributed by atoms with Crippen LogP contribution in [0.2, 0.25) is 0 Å². The highest BCUT2D eigenvalue weighted by molar-refractivity contribution is 5.85. The Kier molecular flexibility index (Phi) is 5.47. The maximum absolute atomic E-state index is 10.8. The molecule has 0 saturated carbocycles. The number of carbonyl (C=O) groups is 1. The Morgan fingerprint density at radius 3 is 2.89 bits per heavy atom. The molecule has 0 spiro atoms. The highest BCUT2D eigenvalue weighted by Crippen LogP contribution is 2.05. The van der Waals surface area contributed by atoms with Gasteiger partial charge in [0.25, 0.3) is 0 Å². The molecule has 0 aliphatic rings. The van der Waals surface area contributed by atoms with E-state index >= 15 is 0 Å². The van der Waals surface area contributed by atoms with E-state index in [4.69, 9.17) is 9.84 Å². The lowest BCUT2D eigenvalue weighted by Crippen LogP contribution is -2.19. The van der Waals surface area contributed by atoms with Gasteiger partial charge in [-0.15, -0.1) is 0 Å². The summed E-state index contributed by atoms with van der Waals surface area (Å²) in [6.07, 6.45) is -0.0978. The average molecular weight is 255 g/mol. The van der Waals surface area contributed by atoms with Crippen LogP contribution in [0.1, 0.15) is 22.6 Å². The van der Waals surface area contributed by atoms with Gasteiger partial charge >= 0.3 is 5.97 Å². The maximum atomic E-state index is 10.8. The Morgan fingerprint density at radius 1 is 1.56 bits per heavy atom. The van der Waals surface area contributed by atoms with Crippen LogP contribution in [0.25, 0.3) is 0 Å². The van der Waals surface area contributed by atoms with E-state index in [1.807, 2.05) is 0 Å². The second-order valence-electron chi connectivity index (χ2n) is 3.85. The minimum Gasteiger partial charge on any atom is -0.477 e. The molecule has 0 radical (unpaired) electrons. The number of carboxylic acid groups (broad SMARTS) is 1. The molecule has 0 saturated heterocycles. The van der Waals surface area contributed by atoms with Gasteiger partial charge in [-0.1, -0.05) is 0 Å². The molecule has 7 nitrogen and oxygen atoms in total. The summed E-state index contributed by atoms with van der Waals surface area (Å²) >= 11 is 0. The molecule has 0 amide bonds.